The third-order valence-electron chi connectivity index (χ3n) is 6.06. The second kappa shape index (κ2) is 14.6. The Bertz CT molecular complexity index is 374. The Hall–Kier alpha value is -0.353. The minimum absolute atomic E-state index is 0.257. The van der Waals surface area contributed by atoms with Gasteiger partial charge in [-0.15, -0.1) is 0 Å². The van der Waals surface area contributed by atoms with Gasteiger partial charge in [0.1, 0.15) is 0 Å². The highest BCUT2D eigenvalue weighted by molar-refractivity contribution is 6.74. The predicted molar refractivity (Wildman–Crippen MR) is 120 cm³/mol. The lowest BCUT2D eigenvalue weighted by Crippen LogP contribution is -2.44. The van der Waals surface area contributed by atoms with E-state index in [0.29, 0.717) is 12.5 Å². The molecular weight excluding hydrogens is 352 g/mol. The molecule has 0 fully saturated rings. The van der Waals surface area contributed by atoms with Crippen molar-refractivity contribution < 1.29 is 14.3 Å². The molecule has 0 amide bonds. The number of carboxylic acid groups (broad SMARTS) is 1. The third kappa shape index (κ3) is 14.3. The van der Waals surface area contributed by atoms with Crippen LogP contribution in [-0.2, 0) is 9.22 Å². The lowest BCUT2D eigenvalue weighted by atomic mass is 10.0. The lowest BCUT2D eigenvalue weighted by Gasteiger charge is -2.39. The molecule has 0 aliphatic carbocycles. The third-order valence-corrected chi connectivity index (χ3v) is 10.6. The van der Waals surface area contributed by atoms with Gasteiger partial charge in [0.15, 0.2) is 8.32 Å². The first kappa shape index (κ1) is 26.6. The maximum Gasteiger partial charge on any atom is 0.303 e. The normalized spacial score (nSPS) is 13.7. The zero-order valence-corrected chi connectivity index (χ0v) is 20.2. The average Bonchev–Trinajstić information content (AvgIpc) is 2.55. The van der Waals surface area contributed by atoms with E-state index in [1.807, 2.05) is 0 Å². The van der Waals surface area contributed by atoms with E-state index in [2.05, 4.69) is 40.8 Å². The fourth-order valence-corrected chi connectivity index (χ4v) is 4.61. The predicted octanol–water partition coefficient (Wildman–Crippen LogP) is 7.94. The maximum atomic E-state index is 10.6. The molecule has 0 radical (unpaired) electrons. The van der Waals surface area contributed by atoms with E-state index in [1.54, 1.807) is 0 Å². The van der Waals surface area contributed by atoms with Gasteiger partial charge in [-0.25, -0.2) is 0 Å². The molecule has 0 rings (SSSR count). The molecular formula is C23H48O3Si. The molecule has 0 aromatic carbocycles. The molecule has 4 heteroatoms. The summed E-state index contributed by atoms with van der Waals surface area (Å²) >= 11 is 0. The molecule has 162 valence electrons. The summed E-state index contributed by atoms with van der Waals surface area (Å²) < 4.78 is 6.74. The fourth-order valence-electron chi connectivity index (χ4n) is 3.19. The van der Waals surface area contributed by atoms with E-state index in [4.69, 9.17) is 9.53 Å². The van der Waals surface area contributed by atoms with Gasteiger partial charge in [0.2, 0.25) is 0 Å². The summed E-state index contributed by atoms with van der Waals surface area (Å²) in [4.78, 5) is 10.6. The average molecular weight is 401 g/mol. The molecule has 0 aromatic rings. The van der Waals surface area contributed by atoms with E-state index in [-0.39, 0.29) is 5.04 Å². The van der Waals surface area contributed by atoms with Crippen molar-refractivity contribution in [2.45, 2.75) is 142 Å². The molecule has 0 saturated carbocycles. The first-order chi connectivity index (χ1) is 12.6. The molecule has 0 bridgehead atoms. The minimum atomic E-state index is -1.72. The summed E-state index contributed by atoms with van der Waals surface area (Å²) in [5.74, 6) is -0.673. The summed E-state index contributed by atoms with van der Waals surface area (Å²) in [6, 6.07) is 0. The number of carboxylic acids is 1. The van der Waals surface area contributed by atoms with Crippen LogP contribution in [0.3, 0.4) is 0 Å². The molecule has 0 unspecified atom stereocenters. The van der Waals surface area contributed by atoms with E-state index in [0.717, 1.165) is 32.1 Å². The highest BCUT2D eigenvalue weighted by atomic mass is 28.4. The quantitative estimate of drug-likeness (QED) is 0.199. The molecule has 1 N–H and O–H groups in total. The number of rotatable bonds is 17. The highest BCUT2D eigenvalue weighted by Crippen LogP contribution is 2.38. The van der Waals surface area contributed by atoms with Crippen LogP contribution in [0.25, 0.3) is 0 Å². The van der Waals surface area contributed by atoms with Gasteiger partial charge in [-0.3, -0.25) is 4.79 Å². The van der Waals surface area contributed by atoms with Gasteiger partial charge in [-0.1, -0.05) is 91.9 Å². The van der Waals surface area contributed by atoms with E-state index >= 15 is 0 Å². The van der Waals surface area contributed by atoms with E-state index in [9.17, 15) is 4.79 Å². The molecule has 0 heterocycles. The smallest absolute Gasteiger partial charge is 0.303 e. The molecule has 0 aromatic heterocycles. The van der Waals surface area contributed by atoms with Crippen molar-refractivity contribution in [2.24, 2.45) is 0 Å². The minimum Gasteiger partial charge on any atom is -0.481 e. The van der Waals surface area contributed by atoms with Crippen LogP contribution in [-0.4, -0.2) is 25.5 Å². The summed E-state index contributed by atoms with van der Waals surface area (Å²) in [5, 5.41) is 8.99. The molecule has 0 aliphatic heterocycles. The second-order valence-corrected chi connectivity index (χ2v) is 14.5. The molecule has 0 spiro atoms. The van der Waals surface area contributed by atoms with Crippen molar-refractivity contribution in [3.63, 3.8) is 0 Å². The van der Waals surface area contributed by atoms with Crippen LogP contribution in [0, 0.1) is 0 Å². The Morgan fingerprint density at radius 1 is 0.852 bits per heavy atom. The van der Waals surface area contributed by atoms with Gasteiger partial charge in [0.25, 0.3) is 0 Å². The van der Waals surface area contributed by atoms with Gasteiger partial charge < -0.3 is 9.53 Å². The standard InChI is InChI=1S/C23H48O3Si/c1-7-8-9-10-11-12-15-18-21(26-27(5,6)23(2,3)4)19-16-13-14-17-20-22(24)25/h21H,7-20H2,1-6H3,(H,24,25)/t21-/m0/s1. The largest absolute Gasteiger partial charge is 0.481 e. The molecule has 3 nitrogen and oxygen atoms in total. The highest BCUT2D eigenvalue weighted by Gasteiger charge is 2.38. The van der Waals surface area contributed by atoms with Crippen LogP contribution in [0.1, 0.15) is 118 Å². The van der Waals surface area contributed by atoms with Gasteiger partial charge in [0.05, 0.1) is 0 Å². The van der Waals surface area contributed by atoms with Crippen molar-refractivity contribution in [3.8, 4) is 0 Å². The Labute approximate surface area is 170 Å². The number of unbranched alkanes of at least 4 members (excludes halogenated alkanes) is 9. The summed E-state index contributed by atoms with van der Waals surface area (Å²) in [7, 11) is -1.72. The summed E-state index contributed by atoms with van der Waals surface area (Å²) in [6.45, 7) is 13.9. The topological polar surface area (TPSA) is 46.5 Å². The SMILES string of the molecule is CCCCCCCCC[C@@H](CCCCCCC(=O)O)O[Si](C)(C)C(C)(C)C. The number of hydrogen-bond acceptors (Lipinski definition) is 2. The van der Waals surface area contributed by atoms with Crippen LogP contribution < -0.4 is 0 Å². The summed E-state index contributed by atoms with van der Waals surface area (Å²) in [6.07, 6.45) is 16.6. The summed E-state index contributed by atoms with van der Waals surface area (Å²) in [5.41, 5.74) is 0. The first-order valence-corrected chi connectivity index (χ1v) is 14.4. The molecule has 0 saturated heterocycles. The van der Waals surface area contributed by atoms with Gasteiger partial charge in [-0.2, -0.15) is 0 Å². The Kier molecular flexibility index (Phi) is 14.4. The zero-order valence-electron chi connectivity index (χ0n) is 19.2. The monoisotopic (exact) mass is 400 g/mol. The first-order valence-electron chi connectivity index (χ1n) is 11.5. The maximum absolute atomic E-state index is 10.6. The van der Waals surface area contributed by atoms with Crippen molar-refractivity contribution in [3.05, 3.63) is 0 Å². The van der Waals surface area contributed by atoms with Crippen molar-refractivity contribution in [1.82, 2.24) is 0 Å². The number of carbonyl (C=O) groups is 1. The second-order valence-electron chi connectivity index (χ2n) is 9.76. The van der Waals surface area contributed by atoms with Crippen LogP contribution in [0.2, 0.25) is 18.1 Å². The van der Waals surface area contributed by atoms with Crippen LogP contribution in [0.5, 0.6) is 0 Å². The van der Waals surface area contributed by atoms with Gasteiger partial charge >= 0.3 is 5.97 Å². The number of hydrogen-bond donors (Lipinski definition) is 1. The van der Waals surface area contributed by atoms with Crippen LogP contribution >= 0.6 is 0 Å². The Morgan fingerprint density at radius 2 is 1.30 bits per heavy atom. The van der Waals surface area contributed by atoms with Crippen molar-refractivity contribution in [2.75, 3.05) is 0 Å². The molecule has 27 heavy (non-hydrogen) atoms. The van der Waals surface area contributed by atoms with Crippen molar-refractivity contribution in [1.29, 1.82) is 0 Å². The Balaban J connectivity index is 4.27. The number of aliphatic carboxylic acids is 1. The lowest BCUT2D eigenvalue weighted by molar-refractivity contribution is -0.137. The van der Waals surface area contributed by atoms with Gasteiger partial charge in [-0.05, 0) is 37.4 Å². The molecule has 1 atom stereocenters. The molecule has 0 aliphatic rings. The van der Waals surface area contributed by atoms with Gasteiger partial charge in [0, 0.05) is 12.5 Å². The van der Waals surface area contributed by atoms with E-state index in [1.165, 1.54) is 51.4 Å². The van der Waals surface area contributed by atoms with Crippen molar-refractivity contribution >= 4 is 14.3 Å². The van der Waals surface area contributed by atoms with Crippen LogP contribution in [0.4, 0.5) is 0 Å². The zero-order chi connectivity index (χ0) is 20.8. The Morgan fingerprint density at radius 3 is 1.74 bits per heavy atom. The van der Waals surface area contributed by atoms with Crippen LogP contribution in [0.15, 0.2) is 0 Å². The van der Waals surface area contributed by atoms with E-state index < -0.39 is 14.3 Å². The fraction of sp³-hybridized carbons (Fsp3) is 0.957.